The molecule has 0 amide bonds. The minimum Gasteiger partial charge on any atom is -0.344 e. The molecule has 0 N–H and O–H groups in total. The van der Waals surface area contributed by atoms with Crippen LogP contribution in [0.15, 0.2) is 109 Å². The molecule has 0 saturated carbocycles. The Kier molecular flexibility index (Phi) is 4.01. The summed E-state index contributed by atoms with van der Waals surface area (Å²) in [6.07, 6.45) is 0. The Bertz CT molecular complexity index is 1880. The standard InChI is InChI=1S/C32H24N2/c1-21-8-7-9-24(18-21)34-31-13-6-4-11-26(31)28-20-23(15-17-32(28)34)22-14-16-30-27(19-22)25-10-3-5-12-29(25)33(30)2/h3-20H,1-2H3. The van der Waals surface area contributed by atoms with Crippen molar-refractivity contribution in [2.75, 3.05) is 0 Å². The maximum atomic E-state index is 2.38. The topological polar surface area (TPSA) is 9.86 Å². The highest BCUT2D eigenvalue weighted by atomic mass is 15.0. The van der Waals surface area contributed by atoms with Crippen LogP contribution in [0.5, 0.6) is 0 Å². The third kappa shape index (κ3) is 2.69. The second kappa shape index (κ2) is 7.10. The molecule has 2 aromatic heterocycles. The summed E-state index contributed by atoms with van der Waals surface area (Å²) in [6.45, 7) is 2.15. The highest BCUT2D eigenvalue weighted by Gasteiger charge is 2.14. The monoisotopic (exact) mass is 436 g/mol. The average molecular weight is 437 g/mol. The highest BCUT2D eigenvalue weighted by molar-refractivity contribution is 6.12. The molecule has 0 aliphatic rings. The first-order chi connectivity index (χ1) is 16.7. The van der Waals surface area contributed by atoms with Gasteiger partial charge in [0.15, 0.2) is 0 Å². The summed E-state index contributed by atoms with van der Waals surface area (Å²) >= 11 is 0. The molecule has 0 aliphatic heterocycles. The van der Waals surface area contributed by atoms with Crippen LogP contribution in [0.25, 0.3) is 60.4 Å². The van der Waals surface area contributed by atoms with Crippen molar-refractivity contribution in [3.63, 3.8) is 0 Å². The van der Waals surface area contributed by atoms with E-state index < -0.39 is 0 Å². The van der Waals surface area contributed by atoms with Gasteiger partial charge in [0.1, 0.15) is 0 Å². The largest absolute Gasteiger partial charge is 0.344 e. The van der Waals surface area contributed by atoms with E-state index in [1.807, 2.05) is 0 Å². The lowest BCUT2D eigenvalue weighted by Crippen LogP contribution is -1.94. The van der Waals surface area contributed by atoms with Crippen LogP contribution in [0, 0.1) is 6.92 Å². The summed E-state index contributed by atoms with van der Waals surface area (Å²) in [7, 11) is 2.15. The van der Waals surface area contributed by atoms with Gasteiger partial charge in [-0.25, -0.2) is 0 Å². The van der Waals surface area contributed by atoms with Gasteiger partial charge in [-0.15, -0.1) is 0 Å². The van der Waals surface area contributed by atoms with Crippen molar-refractivity contribution < 1.29 is 0 Å². The van der Waals surface area contributed by atoms with Crippen LogP contribution < -0.4 is 0 Å². The van der Waals surface area contributed by atoms with Crippen molar-refractivity contribution in [2.45, 2.75) is 6.92 Å². The van der Waals surface area contributed by atoms with Crippen molar-refractivity contribution in [3.05, 3.63) is 115 Å². The molecule has 2 heteroatoms. The van der Waals surface area contributed by atoms with Crippen molar-refractivity contribution >= 4 is 43.6 Å². The van der Waals surface area contributed by atoms with Crippen LogP contribution in [0.3, 0.4) is 0 Å². The summed E-state index contributed by atoms with van der Waals surface area (Å²) in [5.41, 5.74) is 9.98. The number of hydrogen-bond donors (Lipinski definition) is 0. The van der Waals surface area contributed by atoms with Crippen molar-refractivity contribution in [1.82, 2.24) is 9.13 Å². The molecular weight excluding hydrogens is 412 g/mol. The first-order valence-corrected chi connectivity index (χ1v) is 11.8. The van der Waals surface area contributed by atoms with Crippen molar-refractivity contribution in [1.29, 1.82) is 0 Å². The number of para-hydroxylation sites is 2. The first kappa shape index (κ1) is 19.2. The summed E-state index contributed by atoms with van der Waals surface area (Å²) in [4.78, 5) is 0. The molecule has 0 unspecified atom stereocenters. The van der Waals surface area contributed by atoms with E-state index in [-0.39, 0.29) is 0 Å². The van der Waals surface area contributed by atoms with Crippen LogP contribution in [-0.4, -0.2) is 9.13 Å². The minimum absolute atomic E-state index is 1.20. The highest BCUT2D eigenvalue weighted by Crippen LogP contribution is 2.37. The molecule has 0 radical (unpaired) electrons. The predicted molar refractivity (Wildman–Crippen MR) is 145 cm³/mol. The van der Waals surface area contributed by atoms with Gasteiger partial charge in [-0.2, -0.15) is 0 Å². The molecule has 7 rings (SSSR count). The fourth-order valence-electron chi connectivity index (χ4n) is 5.55. The molecule has 0 spiro atoms. The van der Waals surface area contributed by atoms with E-state index in [1.165, 1.54) is 66.0 Å². The maximum absolute atomic E-state index is 2.38. The van der Waals surface area contributed by atoms with Gasteiger partial charge in [-0.1, -0.05) is 60.7 Å². The van der Waals surface area contributed by atoms with Crippen LogP contribution >= 0.6 is 0 Å². The first-order valence-electron chi connectivity index (χ1n) is 11.8. The second-order valence-electron chi connectivity index (χ2n) is 9.23. The molecule has 2 nitrogen and oxygen atoms in total. The van der Waals surface area contributed by atoms with Gasteiger partial charge < -0.3 is 9.13 Å². The number of benzene rings is 5. The Morgan fingerprint density at radius 2 is 1.03 bits per heavy atom. The Hall–Kier alpha value is -4.30. The summed E-state index contributed by atoms with van der Waals surface area (Å²) in [5, 5.41) is 5.18. The zero-order chi connectivity index (χ0) is 22.8. The molecule has 0 saturated heterocycles. The molecule has 34 heavy (non-hydrogen) atoms. The van der Waals surface area contributed by atoms with Gasteiger partial charge in [-0.3, -0.25) is 0 Å². The zero-order valence-electron chi connectivity index (χ0n) is 19.3. The van der Waals surface area contributed by atoms with E-state index in [4.69, 9.17) is 0 Å². The molecule has 0 bridgehead atoms. The summed E-state index contributed by atoms with van der Waals surface area (Å²) in [5.74, 6) is 0. The summed E-state index contributed by atoms with van der Waals surface area (Å²) in [6, 6.07) is 39.9. The number of aromatic nitrogens is 2. The molecule has 162 valence electrons. The number of fused-ring (bicyclic) bond motifs is 6. The van der Waals surface area contributed by atoms with Crippen LogP contribution in [-0.2, 0) is 7.05 Å². The Balaban J connectivity index is 1.48. The molecule has 5 aromatic carbocycles. The van der Waals surface area contributed by atoms with Crippen molar-refractivity contribution in [2.24, 2.45) is 7.05 Å². The normalized spacial score (nSPS) is 11.8. The van der Waals surface area contributed by atoms with Crippen LogP contribution in [0.1, 0.15) is 5.56 Å². The molecule has 0 fully saturated rings. The van der Waals surface area contributed by atoms with E-state index in [0.717, 1.165) is 0 Å². The minimum atomic E-state index is 1.20. The zero-order valence-corrected chi connectivity index (χ0v) is 19.3. The molecule has 0 aliphatic carbocycles. The van der Waals surface area contributed by atoms with Crippen molar-refractivity contribution in [3.8, 4) is 16.8 Å². The van der Waals surface area contributed by atoms with Gasteiger partial charge in [0.05, 0.1) is 11.0 Å². The lowest BCUT2D eigenvalue weighted by Gasteiger charge is -2.09. The Labute approximate surface area is 198 Å². The third-order valence-electron chi connectivity index (χ3n) is 7.18. The van der Waals surface area contributed by atoms with E-state index in [9.17, 15) is 0 Å². The molecule has 7 aromatic rings. The number of rotatable bonds is 2. The Morgan fingerprint density at radius 3 is 1.76 bits per heavy atom. The number of hydrogen-bond acceptors (Lipinski definition) is 0. The maximum Gasteiger partial charge on any atom is 0.0541 e. The predicted octanol–water partition coefficient (Wildman–Crippen LogP) is 8.40. The molecule has 2 heterocycles. The van der Waals surface area contributed by atoms with Gasteiger partial charge in [0, 0.05) is 45.3 Å². The average Bonchev–Trinajstić information content (AvgIpc) is 3.36. The summed E-state index contributed by atoms with van der Waals surface area (Å²) < 4.78 is 4.67. The van der Waals surface area contributed by atoms with E-state index >= 15 is 0 Å². The lowest BCUT2D eigenvalue weighted by molar-refractivity contribution is 1.01. The smallest absolute Gasteiger partial charge is 0.0541 e. The molecule has 0 atom stereocenters. The van der Waals surface area contributed by atoms with E-state index in [2.05, 4.69) is 132 Å². The quantitative estimate of drug-likeness (QED) is 0.257. The van der Waals surface area contributed by atoms with Crippen LogP contribution in [0.2, 0.25) is 0 Å². The van der Waals surface area contributed by atoms with Gasteiger partial charge in [-0.05, 0) is 72.1 Å². The number of aryl methyl sites for hydroxylation is 2. The fourth-order valence-corrected chi connectivity index (χ4v) is 5.55. The Morgan fingerprint density at radius 1 is 0.471 bits per heavy atom. The fraction of sp³-hybridized carbons (Fsp3) is 0.0625. The number of nitrogens with zero attached hydrogens (tertiary/aromatic N) is 2. The SMILES string of the molecule is Cc1cccc(-n2c3ccccc3c3cc(-c4ccc5c(c4)c4ccccc4n5C)ccc32)c1. The van der Waals surface area contributed by atoms with Gasteiger partial charge in [0.25, 0.3) is 0 Å². The second-order valence-corrected chi connectivity index (χ2v) is 9.23. The van der Waals surface area contributed by atoms with Gasteiger partial charge >= 0.3 is 0 Å². The van der Waals surface area contributed by atoms with Crippen LogP contribution in [0.4, 0.5) is 0 Å². The van der Waals surface area contributed by atoms with E-state index in [1.54, 1.807) is 0 Å². The molecular formula is C32H24N2. The van der Waals surface area contributed by atoms with E-state index in [0.29, 0.717) is 0 Å². The van der Waals surface area contributed by atoms with Gasteiger partial charge in [0.2, 0.25) is 0 Å². The third-order valence-corrected chi connectivity index (χ3v) is 7.18. The lowest BCUT2D eigenvalue weighted by atomic mass is 10.0.